The van der Waals surface area contributed by atoms with Crippen LogP contribution in [-0.4, -0.2) is 27.0 Å². The molecule has 4 aromatic rings. The van der Waals surface area contributed by atoms with Gasteiger partial charge in [0.15, 0.2) is 0 Å². The van der Waals surface area contributed by atoms with Crippen LogP contribution in [0.25, 0.3) is 10.9 Å². The van der Waals surface area contributed by atoms with Crippen molar-refractivity contribution in [3.63, 3.8) is 0 Å². The third-order valence-corrected chi connectivity index (χ3v) is 7.48. The van der Waals surface area contributed by atoms with E-state index >= 15 is 0 Å². The van der Waals surface area contributed by atoms with Gasteiger partial charge in [-0.25, -0.2) is 9.78 Å². The minimum atomic E-state index is -0.971. The van der Waals surface area contributed by atoms with Crippen molar-refractivity contribution in [1.82, 2.24) is 9.66 Å². The molecule has 37 heavy (non-hydrogen) atoms. The predicted molar refractivity (Wildman–Crippen MR) is 155 cm³/mol. The van der Waals surface area contributed by atoms with E-state index in [9.17, 15) is 9.59 Å². The van der Waals surface area contributed by atoms with E-state index in [4.69, 9.17) is 14.8 Å². The van der Waals surface area contributed by atoms with E-state index in [2.05, 4.69) is 52.9 Å². The van der Waals surface area contributed by atoms with Crippen LogP contribution in [0.3, 0.4) is 0 Å². The third kappa shape index (κ3) is 6.19. The summed E-state index contributed by atoms with van der Waals surface area (Å²) >= 11 is 10.5. The standard InChI is InChI=1S/C27H22Br3N3O4/c1-3-15(2)25-32-23-9-8-19(28)12-20(23)26(34)33(25)31-13-17-10-21(29)24(22(30)11-17)37-14-16-4-6-18(7-5-16)27(35)36/h4-13,15H,3,14H2,1-2H3,(H,35,36)/t15-/m0/s1. The lowest BCUT2D eigenvalue weighted by molar-refractivity contribution is 0.0697. The number of aromatic carboxylic acids is 1. The number of carboxylic acids is 1. The number of benzene rings is 3. The van der Waals surface area contributed by atoms with E-state index in [1.54, 1.807) is 36.5 Å². The molecule has 0 aliphatic rings. The Morgan fingerprint density at radius 3 is 2.41 bits per heavy atom. The van der Waals surface area contributed by atoms with Gasteiger partial charge in [-0.05, 0) is 91.9 Å². The van der Waals surface area contributed by atoms with Gasteiger partial charge in [0.05, 0.1) is 31.6 Å². The lowest BCUT2D eigenvalue weighted by Gasteiger charge is -2.14. The maximum atomic E-state index is 13.3. The smallest absolute Gasteiger partial charge is 0.335 e. The second kappa shape index (κ2) is 11.7. The van der Waals surface area contributed by atoms with Crippen LogP contribution < -0.4 is 10.3 Å². The largest absolute Gasteiger partial charge is 0.487 e. The Bertz CT molecular complexity index is 1540. The molecule has 0 aliphatic carbocycles. The van der Waals surface area contributed by atoms with Crippen LogP contribution in [0.5, 0.6) is 5.75 Å². The number of hydrogen-bond acceptors (Lipinski definition) is 5. The average Bonchev–Trinajstić information content (AvgIpc) is 2.87. The molecular weight excluding hydrogens is 670 g/mol. The summed E-state index contributed by atoms with van der Waals surface area (Å²) in [5, 5.41) is 14.1. The molecule has 1 atom stereocenters. The fourth-order valence-electron chi connectivity index (χ4n) is 3.59. The number of nitrogens with zero attached hydrogens (tertiary/aromatic N) is 3. The van der Waals surface area contributed by atoms with Crippen molar-refractivity contribution in [2.45, 2.75) is 32.8 Å². The van der Waals surface area contributed by atoms with E-state index in [1.165, 1.54) is 4.68 Å². The summed E-state index contributed by atoms with van der Waals surface area (Å²) in [6.45, 7) is 4.33. The van der Waals surface area contributed by atoms with Crippen molar-refractivity contribution >= 4 is 70.9 Å². The second-order valence-corrected chi connectivity index (χ2v) is 11.0. The lowest BCUT2D eigenvalue weighted by Crippen LogP contribution is -2.23. The minimum Gasteiger partial charge on any atom is -0.487 e. The van der Waals surface area contributed by atoms with E-state index in [0.29, 0.717) is 31.4 Å². The van der Waals surface area contributed by atoms with Gasteiger partial charge in [-0.3, -0.25) is 4.79 Å². The van der Waals surface area contributed by atoms with E-state index in [0.717, 1.165) is 22.0 Å². The number of hydrogen-bond donors (Lipinski definition) is 1. The highest BCUT2D eigenvalue weighted by molar-refractivity contribution is 9.11. The van der Waals surface area contributed by atoms with Crippen molar-refractivity contribution < 1.29 is 14.6 Å². The molecule has 0 fully saturated rings. The highest BCUT2D eigenvalue weighted by atomic mass is 79.9. The van der Waals surface area contributed by atoms with Crippen LogP contribution in [0.1, 0.15) is 53.5 Å². The van der Waals surface area contributed by atoms with Gasteiger partial charge in [-0.1, -0.05) is 41.9 Å². The van der Waals surface area contributed by atoms with Gasteiger partial charge in [0.25, 0.3) is 5.56 Å². The first-order valence-electron chi connectivity index (χ1n) is 11.4. The Labute approximate surface area is 238 Å². The molecule has 1 heterocycles. The zero-order chi connectivity index (χ0) is 26.7. The Balaban J connectivity index is 1.62. The van der Waals surface area contributed by atoms with Crippen LogP contribution in [0.2, 0.25) is 0 Å². The number of rotatable bonds is 8. The summed E-state index contributed by atoms with van der Waals surface area (Å²) in [6, 6.07) is 15.7. The highest BCUT2D eigenvalue weighted by Gasteiger charge is 2.16. The second-order valence-electron chi connectivity index (χ2n) is 8.41. The summed E-state index contributed by atoms with van der Waals surface area (Å²) in [4.78, 5) is 29.1. The zero-order valence-corrected chi connectivity index (χ0v) is 24.7. The van der Waals surface area contributed by atoms with Crippen molar-refractivity contribution in [2.75, 3.05) is 0 Å². The number of carbonyl (C=O) groups is 1. The van der Waals surface area contributed by atoms with E-state index in [-0.39, 0.29) is 23.6 Å². The molecule has 0 saturated heterocycles. The molecule has 1 N–H and O–H groups in total. The zero-order valence-electron chi connectivity index (χ0n) is 19.9. The fraction of sp³-hybridized carbons (Fsp3) is 0.185. The maximum Gasteiger partial charge on any atom is 0.335 e. The molecule has 0 aliphatic heterocycles. The highest BCUT2D eigenvalue weighted by Crippen LogP contribution is 2.35. The van der Waals surface area contributed by atoms with Gasteiger partial charge < -0.3 is 9.84 Å². The van der Waals surface area contributed by atoms with Crippen molar-refractivity contribution in [3.05, 3.63) is 101 Å². The van der Waals surface area contributed by atoms with Gasteiger partial charge in [0.1, 0.15) is 18.2 Å². The summed E-state index contributed by atoms with van der Waals surface area (Å²) in [6.07, 6.45) is 2.43. The molecule has 0 radical (unpaired) electrons. The normalized spacial score (nSPS) is 12.2. The summed E-state index contributed by atoms with van der Waals surface area (Å²) in [7, 11) is 0. The lowest BCUT2D eigenvalue weighted by atomic mass is 10.1. The van der Waals surface area contributed by atoms with E-state index < -0.39 is 5.97 Å². The number of fused-ring (bicyclic) bond motifs is 1. The molecule has 190 valence electrons. The molecule has 0 saturated carbocycles. The molecule has 0 unspecified atom stereocenters. The molecule has 10 heteroatoms. The van der Waals surface area contributed by atoms with Crippen LogP contribution in [0.4, 0.5) is 0 Å². The monoisotopic (exact) mass is 689 g/mol. The van der Waals surface area contributed by atoms with Crippen LogP contribution in [-0.2, 0) is 6.61 Å². The Morgan fingerprint density at radius 2 is 1.78 bits per heavy atom. The Morgan fingerprint density at radius 1 is 1.11 bits per heavy atom. The summed E-state index contributed by atoms with van der Waals surface area (Å²) < 4.78 is 9.52. The van der Waals surface area contributed by atoms with Crippen LogP contribution in [0.15, 0.2) is 77.9 Å². The van der Waals surface area contributed by atoms with Gasteiger partial charge in [0, 0.05) is 10.4 Å². The third-order valence-electron chi connectivity index (χ3n) is 5.81. The van der Waals surface area contributed by atoms with Gasteiger partial charge in [0.2, 0.25) is 0 Å². The van der Waals surface area contributed by atoms with Gasteiger partial charge >= 0.3 is 5.97 Å². The topological polar surface area (TPSA) is 93.8 Å². The molecular formula is C27H22Br3N3O4. The van der Waals surface area contributed by atoms with Crippen molar-refractivity contribution in [3.8, 4) is 5.75 Å². The first-order chi connectivity index (χ1) is 17.7. The van der Waals surface area contributed by atoms with Crippen LogP contribution in [0, 0.1) is 0 Å². The average molecular weight is 692 g/mol. The number of carboxylic acid groups (broad SMARTS) is 1. The summed E-state index contributed by atoms with van der Waals surface area (Å²) in [5.41, 5.74) is 2.21. The number of halogens is 3. The van der Waals surface area contributed by atoms with Crippen LogP contribution >= 0.6 is 47.8 Å². The fourth-order valence-corrected chi connectivity index (χ4v) is 5.41. The van der Waals surface area contributed by atoms with E-state index in [1.807, 2.05) is 38.1 Å². The molecule has 1 aromatic heterocycles. The van der Waals surface area contributed by atoms with Gasteiger partial charge in [-0.2, -0.15) is 9.78 Å². The predicted octanol–water partition coefficient (Wildman–Crippen LogP) is 7.36. The minimum absolute atomic E-state index is 0.0386. The van der Waals surface area contributed by atoms with Crippen molar-refractivity contribution in [2.24, 2.45) is 5.10 Å². The molecule has 0 amide bonds. The molecule has 4 rings (SSSR count). The molecule has 3 aromatic carbocycles. The maximum absolute atomic E-state index is 13.3. The Hall–Kier alpha value is -2.82. The Kier molecular flexibility index (Phi) is 8.61. The summed E-state index contributed by atoms with van der Waals surface area (Å²) in [5.74, 6) is 0.262. The first-order valence-corrected chi connectivity index (χ1v) is 13.8. The number of ether oxygens (including phenoxy) is 1. The SMILES string of the molecule is CC[C@H](C)c1nc2ccc(Br)cc2c(=O)n1N=Cc1cc(Br)c(OCc2ccc(C(=O)O)cc2)c(Br)c1. The molecule has 0 bridgehead atoms. The first kappa shape index (κ1) is 27.2. The molecule has 7 nitrogen and oxygen atoms in total. The van der Waals surface area contributed by atoms with Gasteiger partial charge in [-0.15, -0.1) is 0 Å². The number of aromatic nitrogens is 2. The quantitative estimate of drug-likeness (QED) is 0.195. The molecule has 0 spiro atoms. The van der Waals surface area contributed by atoms with Crippen molar-refractivity contribution in [1.29, 1.82) is 0 Å².